The second kappa shape index (κ2) is 8.32. The molecule has 4 heteroatoms. The van der Waals surface area contributed by atoms with Crippen LogP contribution in [-0.4, -0.2) is 32.4 Å². The minimum absolute atomic E-state index is 0.174. The molecule has 19 heavy (non-hydrogen) atoms. The summed E-state index contributed by atoms with van der Waals surface area (Å²) in [6.45, 7) is 5.85. The summed E-state index contributed by atoms with van der Waals surface area (Å²) < 4.78 is 15.8. The highest BCUT2D eigenvalue weighted by Gasteiger charge is 2.11. The lowest BCUT2D eigenvalue weighted by Crippen LogP contribution is -2.23. The van der Waals surface area contributed by atoms with Crippen LogP contribution in [-0.2, 0) is 14.3 Å². The van der Waals surface area contributed by atoms with Crippen molar-refractivity contribution in [2.24, 2.45) is 0 Å². The first-order valence-electron chi connectivity index (χ1n) is 6.16. The molecule has 0 bridgehead atoms. The Morgan fingerprint density at radius 3 is 2.58 bits per heavy atom. The number of rotatable bonds is 8. The molecule has 104 valence electrons. The van der Waals surface area contributed by atoms with E-state index in [1.54, 1.807) is 14.0 Å². The first-order chi connectivity index (χ1) is 9.13. The second-order valence-corrected chi connectivity index (χ2v) is 4.19. The molecule has 0 aromatic heterocycles. The van der Waals surface area contributed by atoms with E-state index in [4.69, 9.17) is 14.2 Å². The van der Waals surface area contributed by atoms with Gasteiger partial charge >= 0.3 is 5.97 Å². The topological polar surface area (TPSA) is 44.8 Å². The number of carbonyl (C=O) groups is 1. The van der Waals surface area contributed by atoms with Crippen molar-refractivity contribution in [2.75, 3.05) is 20.3 Å². The summed E-state index contributed by atoms with van der Waals surface area (Å²) in [6.07, 6.45) is 0.474. The van der Waals surface area contributed by atoms with Gasteiger partial charge in [0.15, 0.2) is 0 Å². The van der Waals surface area contributed by atoms with Crippen LogP contribution in [0.1, 0.15) is 13.3 Å². The first-order valence-corrected chi connectivity index (χ1v) is 6.16. The van der Waals surface area contributed by atoms with E-state index in [9.17, 15) is 4.79 Å². The highest BCUT2D eigenvalue weighted by Crippen LogP contribution is 2.09. The number of benzene rings is 1. The fourth-order valence-corrected chi connectivity index (χ4v) is 1.39. The second-order valence-electron chi connectivity index (χ2n) is 4.19. The van der Waals surface area contributed by atoms with Crippen LogP contribution in [0, 0.1) is 0 Å². The normalized spacial score (nSPS) is 11.7. The average Bonchev–Trinajstić information content (AvgIpc) is 2.43. The van der Waals surface area contributed by atoms with Gasteiger partial charge < -0.3 is 14.2 Å². The van der Waals surface area contributed by atoms with E-state index >= 15 is 0 Å². The summed E-state index contributed by atoms with van der Waals surface area (Å²) in [5, 5.41) is 0. The number of carbonyl (C=O) groups excluding carboxylic acids is 1. The quantitative estimate of drug-likeness (QED) is 0.535. The fourth-order valence-electron chi connectivity index (χ4n) is 1.39. The molecule has 1 atom stereocenters. The van der Waals surface area contributed by atoms with Crippen molar-refractivity contribution in [3.63, 3.8) is 0 Å². The van der Waals surface area contributed by atoms with Gasteiger partial charge in [0, 0.05) is 19.1 Å². The molecule has 0 aliphatic heterocycles. The molecule has 0 aliphatic rings. The molecule has 1 unspecified atom stereocenters. The summed E-state index contributed by atoms with van der Waals surface area (Å²) in [7, 11) is 1.59. The predicted molar refractivity (Wildman–Crippen MR) is 73.1 cm³/mol. The maximum atomic E-state index is 11.2. The Kier molecular flexibility index (Phi) is 6.68. The largest absolute Gasteiger partial charge is 0.493 e. The summed E-state index contributed by atoms with van der Waals surface area (Å²) in [4.78, 5) is 11.2. The molecule has 0 N–H and O–H groups in total. The fraction of sp³-hybridized carbons (Fsp3) is 0.400. The Bertz CT molecular complexity index is 400. The van der Waals surface area contributed by atoms with E-state index in [0.717, 1.165) is 5.75 Å². The number of methoxy groups -OCH3 is 1. The number of hydrogen-bond acceptors (Lipinski definition) is 4. The Morgan fingerprint density at radius 2 is 2.00 bits per heavy atom. The smallest absolute Gasteiger partial charge is 0.333 e. The standard InChI is InChI=1S/C15H20O4/c1-12(2)15(16)19-11-14(17-3)9-10-18-13-7-5-4-6-8-13/h4-8,14H,1,9-11H2,2-3H3. The average molecular weight is 264 g/mol. The number of para-hydroxylation sites is 1. The minimum atomic E-state index is -0.397. The van der Waals surface area contributed by atoms with Crippen molar-refractivity contribution in [3.05, 3.63) is 42.5 Å². The predicted octanol–water partition coefficient (Wildman–Crippen LogP) is 2.59. The van der Waals surface area contributed by atoms with Crippen LogP contribution in [0.5, 0.6) is 5.75 Å². The minimum Gasteiger partial charge on any atom is -0.493 e. The van der Waals surface area contributed by atoms with Crippen molar-refractivity contribution in [3.8, 4) is 5.75 Å². The van der Waals surface area contributed by atoms with E-state index in [1.165, 1.54) is 0 Å². The van der Waals surface area contributed by atoms with Gasteiger partial charge in [0.25, 0.3) is 0 Å². The van der Waals surface area contributed by atoms with Crippen molar-refractivity contribution in [1.29, 1.82) is 0 Å². The van der Waals surface area contributed by atoms with Crippen LogP contribution in [0.15, 0.2) is 42.5 Å². The molecule has 0 spiro atoms. The summed E-state index contributed by atoms with van der Waals surface area (Å²) in [5.41, 5.74) is 0.385. The zero-order valence-corrected chi connectivity index (χ0v) is 11.4. The van der Waals surface area contributed by atoms with Crippen molar-refractivity contribution >= 4 is 5.97 Å². The van der Waals surface area contributed by atoms with E-state index in [1.807, 2.05) is 30.3 Å². The van der Waals surface area contributed by atoms with Gasteiger partial charge in [-0.25, -0.2) is 4.79 Å². The van der Waals surface area contributed by atoms with Gasteiger partial charge in [-0.2, -0.15) is 0 Å². The first kappa shape index (κ1) is 15.2. The molecule has 1 rings (SSSR count). The Labute approximate surface area is 114 Å². The summed E-state index contributed by atoms with van der Waals surface area (Å²) in [6, 6.07) is 9.54. The van der Waals surface area contributed by atoms with Crippen LogP contribution < -0.4 is 4.74 Å². The maximum Gasteiger partial charge on any atom is 0.333 e. The third-order valence-electron chi connectivity index (χ3n) is 2.53. The van der Waals surface area contributed by atoms with Gasteiger partial charge in [0.2, 0.25) is 0 Å². The lowest BCUT2D eigenvalue weighted by atomic mass is 10.2. The van der Waals surface area contributed by atoms with Crippen LogP contribution in [0.3, 0.4) is 0 Å². The third kappa shape index (κ3) is 6.06. The molecule has 0 radical (unpaired) electrons. The van der Waals surface area contributed by atoms with Gasteiger partial charge in [0.05, 0.1) is 12.7 Å². The zero-order chi connectivity index (χ0) is 14.1. The third-order valence-corrected chi connectivity index (χ3v) is 2.53. The van der Waals surface area contributed by atoms with Crippen molar-refractivity contribution < 1.29 is 19.0 Å². The Balaban J connectivity index is 2.25. The molecule has 4 nitrogen and oxygen atoms in total. The van der Waals surface area contributed by atoms with Gasteiger partial charge in [-0.15, -0.1) is 0 Å². The van der Waals surface area contributed by atoms with E-state index in [0.29, 0.717) is 18.6 Å². The van der Waals surface area contributed by atoms with Crippen LogP contribution in [0.25, 0.3) is 0 Å². The molecule has 0 saturated heterocycles. The molecule has 0 aliphatic carbocycles. The Hall–Kier alpha value is -1.81. The van der Waals surface area contributed by atoms with E-state index in [-0.39, 0.29) is 12.7 Å². The SMILES string of the molecule is C=C(C)C(=O)OCC(CCOc1ccccc1)OC. The molecule has 0 heterocycles. The van der Waals surface area contributed by atoms with E-state index in [2.05, 4.69) is 6.58 Å². The molecular weight excluding hydrogens is 244 g/mol. The number of esters is 1. The van der Waals surface area contributed by atoms with Gasteiger partial charge in [-0.3, -0.25) is 0 Å². The highest BCUT2D eigenvalue weighted by molar-refractivity contribution is 5.86. The monoisotopic (exact) mass is 264 g/mol. The zero-order valence-electron chi connectivity index (χ0n) is 11.4. The lowest BCUT2D eigenvalue weighted by Gasteiger charge is -2.15. The molecular formula is C15H20O4. The number of ether oxygens (including phenoxy) is 3. The van der Waals surface area contributed by atoms with Crippen molar-refractivity contribution in [1.82, 2.24) is 0 Å². The summed E-state index contributed by atoms with van der Waals surface area (Å²) in [5.74, 6) is 0.419. The Morgan fingerprint density at radius 1 is 1.32 bits per heavy atom. The number of hydrogen-bond donors (Lipinski definition) is 0. The van der Waals surface area contributed by atoms with E-state index < -0.39 is 5.97 Å². The van der Waals surface area contributed by atoms with Gasteiger partial charge in [-0.1, -0.05) is 24.8 Å². The van der Waals surface area contributed by atoms with Crippen molar-refractivity contribution in [2.45, 2.75) is 19.4 Å². The highest BCUT2D eigenvalue weighted by atomic mass is 16.6. The van der Waals surface area contributed by atoms with Crippen LogP contribution in [0.4, 0.5) is 0 Å². The molecule has 1 aromatic carbocycles. The van der Waals surface area contributed by atoms with Gasteiger partial charge in [0.1, 0.15) is 12.4 Å². The molecule has 0 fully saturated rings. The molecule has 0 saturated carbocycles. The van der Waals surface area contributed by atoms with Crippen LogP contribution >= 0.6 is 0 Å². The van der Waals surface area contributed by atoms with Gasteiger partial charge in [-0.05, 0) is 19.1 Å². The molecule has 0 amide bonds. The molecule has 1 aromatic rings. The van der Waals surface area contributed by atoms with Crippen LogP contribution in [0.2, 0.25) is 0 Å². The maximum absolute atomic E-state index is 11.2. The lowest BCUT2D eigenvalue weighted by molar-refractivity contribution is -0.142. The summed E-state index contributed by atoms with van der Waals surface area (Å²) >= 11 is 0.